The highest BCUT2D eigenvalue weighted by molar-refractivity contribution is 6.30. The van der Waals surface area contributed by atoms with Gasteiger partial charge in [-0.15, -0.1) is 0 Å². The summed E-state index contributed by atoms with van der Waals surface area (Å²) in [7, 11) is 3.00. The van der Waals surface area contributed by atoms with Gasteiger partial charge in [-0.05, 0) is 36.4 Å². The molecule has 1 aliphatic rings. The second kappa shape index (κ2) is 7.66. The van der Waals surface area contributed by atoms with Crippen LogP contribution < -0.4 is 19.7 Å². The van der Waals surface area contributed by atoms with E-state index in [-0.39, 0.29) is 24.3 Å². The second-order valence-electron chi connectivity index (χ2n) is 5.90. The number of hydrogen-bond donors (Lipinski definition) is 1. The highest BCUT2D eigenvalue weighted by Crippen LogP contribution is 2.31. The molecule has 0 aliphatic carbocycles. The molecule has 7 heteroatoms. The zero-order valence-electron chi connectivity index (χ0n) is 14.5. The molecule has 1 heterocycles. The summed E-state index contributed by atoms with van der Waals surface area (Å²) in [5.74, 6) is 0.489. The first-order valence-corrected chi connectivity index (χ1v) is 8.49. The third-order valence-corrected chi connectivity index (χ3v) is 4.50. The van der Waals surface area contributed by atoms with Crippen LogP contribution in [0.15, 0.2) is 42.5 Å². The fourth-order valence-corrected chi connectivity index (χ4v) is 3.13. The van der Waals surface area contributed by atoms with Crippen molar-refractivity contribution in [1.29, 1.82) is 0 Å². The lowest BCUT2D eigenvalue weighted by Gasteiger charge is -2.18. The minimum Gasteiger partial charge on any atom is -0.493 e. The van der Waals surface area contributed by atoms with Gasteiger partial charge in [0.1, 0.15) is 0 Å². The number of nitrogens with one attached hydrogen (secondary N) is 1. The van der Waals surface area contributed by atoms with Crippen LogP contribution in [0.4, 0.5) is 5.69 Å². The molecule has 0 radical (unpaired) electrons. The van der Waals surface area contributed by atoms with Crippen molar-refractivity contribution in [1.82, 2.24) is 5.32 Å². The van der Waals surface area contributed by atoms with Gasteiger partial charge in [-0.1, -0.05) is 17.7 Å². The van der Waals surface area contributed by atoms with Crippen molar-refractivity contribution < 1.29 is 19.1 Å². The van der Waals surface area contributed by atoms with Gasteiger partial charge >= 0.3 is 0 Å². The highest BCUT2D eigenvalue weighted by Gasteiger charge is 2.32. The summed E-state index contributed by atoms with van der Waals surface area (Å²) < 4.78 is 10.5. The molecule has 1 saturated heterocycles. The molecule has 6 nitrogen and oxygen atoms in total. The summed E-state index contributed by atoms with van der Waals surface area (Å²) in [6, 6.07) is 11.8. The minimum atomic E-state index is -0.309. The van der Waals surface area contributed by atoms with Crippen LogP contribution in [0.25, 0.3) is 0 Å². The molecule has 1 unspecified atom stereocenters. The average Bonchev–Trinajstić information content (AvgIpc) is 3.01. The van der Waals surface area contributed by atoms with Crippen LogP contribution >= 0.6 is 11.6 Å². The Morgan fingerprint density at radius 1 is 1.15 bits per heavy atom. The van der Waals surface area contributed by atoms with E-state index in [9.17, 15) is 9.59 Å². The number of rotatable bonds is 5. The molecule has 1 aliphatic heterocycles. The average molecular weight is 375 g/mol. The topological polar surface area (TPSA) is 67.9 Å². The largest absolute Gasteiger partial charge is 0.493 e. The molecule has 2 aromatic carbocycles. The molecule has 0 bridgehead atoms. The Bertz CT molecular complexity index is 823. The van der Waals surface area contributed by atoms with Gasteiger partial charge in [-0.25, -0.2) is 0 Å². The van der Waals surface area contributed by atoms with Gasteiger partial charge < -0.3 is 19.7 Å². The molecule has 0 spiro atoms. The number of ether oxygens (including phenoxy) is 2. The van der Waals surface area contributed by atoms with Crippen molar-refractivity contribution in [3.63, 3.8) is 0 Å². The Morgan fingerprint density at radius 2 is 1.88 bits per heavy atom. The van der Waals surface area contributed by atoms with E-state index in [1.807, 2.05) is 0 Å². The maximum Gasteiger partial charge on any atom is 0.255 e. The second-order valence-corrected chi connectivity index (χ2v) is 6.33. The van der Waals surface area contributed by atoms with Crippen LogP contribution in [0.5, 0.6) is 11.5 Å². The fraction of sp³-hybridized carbons (Fsp3) is 0.263. The molecule has 136 valence electrons. The van der Waals surface area contributed by atoms with Gasteiger partial charge in [0, 0.05) is 23.7 Å². The van der Waals surface area contributed by atoms with Crippen LogP contribution in [0, 0.1) is 0 Å². The summed E-state index contributed by atoms with van der Waals surface area (Å²) in [4.78, 5) is 26.6. The Hall–Kier alpha value is -2.73. The third-order valence-electron chi connectivity index (χ3n) is 4.25. The SMILES string of the molecule is COc1cccc(C(=O)NC2CC(=O)N(c3ccc(Cl)cc3)C2)c1OC. The number of amides is 2. The zero-order valence-corrected chi connectivity index (χ0v) is 15.2. The van der Waals surface area contributed by atoms with Crippen molar-refractivity contribution in [3.8, 4) is 11.5 Å². The van der Waals surface area contributed by atoms with E-state index < -0.39 is 0 Å². The predicted octanol–water partition coefficient (Wildman–Crippen LogP) is 2.89. The van der Waals surface area contributed by atoms with Crippen LogP contribution in [0.3, 0.4) is 0 Å². The molecular formula is C19H19ClN2O4. The van der Waals surface area contributed by atoms with Gasteiger partial charge in [0.05, 0.1) is 25.8 Å². The number of halogens is 1. The lowest BCUT2D eigenvalue weighted by atomic mass is 10.1. The zero-order chi connectivity index (χ0) is 18.7. The summed E-state index contributed by atoms with van der Waals surface area (Å²) in [6.45, 7) is 0.401. The van der Waals surface area contributed by atoms with E-state index >= 15 is 0 Å². The molecule has 0 aromatic heterocycles. The molecule has 26 heavy (non-hydrogen) atoms. The Morgan fingerprint density at radius 3 is 2.54 bits per heavy atom. The molecule has 3 rings (SSSR count). The third kappa shape index (κ3) is 3.60. The summed E-state index contributed by atoms with van der Waals surface area (Å²) in [5.41, 5.74) is 1.12. The first-order valence-electron chi connectivity index (χ1n) is 8.11. The quantitative estimate of drug-likeness (QED) is 0.873. The van der Waals surface area contributed by atoms with Gasteiger partial charge in [0.2, 0.25) is 5.91 Å². The van der Waals surface area contributed by atoms with Gasteiger partial charge in [-0.2, -0.15) is 0 Å². The molecular weight excluding hydrogens is 356 g/mol. The number of methoxy groups -OCH3 is 2. The van der Waals surface area contributed by atoms with Crippen molar-refractivity contribution in [2.24, 2.45) is 0 Å². The number of nitrogens with zero attached hydrogens (tertiary/aromatic N) is 1. The Kier molecular flexibility index (Phi) is 5.32. The predicted molar refractivity (Wildman–Crippen MR) is 99.2 cm³/mol. The van der Waals surface area contributed by atoms with Gasteiger partial charge in [0.25, 0.3) is 5.91 Å². The van der Waals surface area contributed by atoms with Crippen LogP contribution in [0.2, 0.25) is 5.02 Å². The number of para-hydroxylation sites is 1. The molecule has 1 fully saturated rings. The molecule has 2 amide bonds. The maximum absolute atomic E-state index is 12.6. The fourth-order valence-electron chi connectivity index (χ4n) is 3.00. The Balaban J connectivity index is 1.73. The normalized spacial score (nSPS) is 16.5. The number of anilines is 1. The van der Waals surface area contributed by atoms with E-state index in [2.05, 4.69) is 5.32 Å². The van der Waals surface area contributed by atoms with E-state index in [0.717, 1.165) is 5.69 Å². The van der Waals surface area contributed by atoms with Crippen molar-refractivity contribution >= 4 is 29.1 Å². The standard InChI is InChI=1S/C19H19ClN2O4/c1-25-16-5-3-4-15(18(16)26-2)19(24)21-13-10-17(23)22(11-13)14-8-6-12(20)7-9-14/h3-9,13H,10-11H2,1-2H3,(H,21,24). The highest BCUT2D eigenvalue weighted by atomic mass is 35.5. The lowest BCUT2D eigenvalue weighted by molar-refractivity contribution is -0.117. The van der Waals surface area contributed by atoms with Gasteiger partial charge in [-0.3, -0.25) is 9.59 Å². The van der Waals surface area contributed by atoms with Crippen molar-refractivity contribution in [2.45, 2.75) is 12.5 Å². The number of carbonyl (C=O) groups is 2. The van der Waals surface area contributed by atoms with Crippen LogP contribution in [-0.4, -0.2) is 38.6 Å². The number of carbonyl (C=O) groups excluding carboxylic acids is 2. The van der Waals surface area contributed by atoms with E-state index in [0.29, 0.717) is 28.6 Å². The number of hydrogen-bond acceptors (Lipinski definition) is 4. The molecule has 0 saturated carbocycles. The molecule has 1 N–H and O–H groups in total. The van der Waals surface area contributed by atoms with Crippen LogP contribution in [-0.2, 0) is 4.79 Å². The van der Waals surface area contributed by atoms with E-state index in [1.54, 1.807) is 47.4 Å². The monoisotopic (exact) mass is 374 g/mol. The van der Waals surface area contributed by atoms with Crippen LogP contribution in [0.1, 0.15) is 16.8 Å². The summed E-state index contributed by atoms with van der Waals surface area (Å²) in [6.07, 6.45) is 0.237. The van der Waals surface area contributed by atoms with Gasteiger partial charge in [0.15, 0.2) is 11.5 Å². The van der Waals surface area contributed by atoms with E-state index in [1.165, 1.54) is 14.2 Å². The Labute approximate surface area is 156 Å². The summed E-state index contributed by atoms with van der Waals surface area (Å²) in [5, 5.41) is 3.51. The van der Waals surface area contributed by atoms with Crippen molar-refractivity contribution in [2.75, 3.05) is 25.7 Å². The minimum absolute atomic E-state index is 0.0461. The van der Waals surface area contributed by atoms with Crippen molar-refractivity contribution in [3.05, 3.63) is 53.1 Å². The molecule has 1 atom stereocenters. The summed E-state index contributed by atoms with van der Waals surface area (Å²) >= 11 is 5.89. The first-order chi connectivity index (χ1) is 12.5. The lowest BCUT2D eigenvalue weighted by Crippen LogP contribution is -2.37. The maximum atomic E-state index is 12.6. The first kappa shape index (κ1) is 18.1. The smallest absolute Gasteiger partial charge is 0.255 e. The molecule has 2 aromatic rings. The van der Waals surface area contributed by atoms with E-state index in [4.69, 9.17) is 21.1 Å². The number of benzene rings is 2.